The van der Waals surface area contributed by atoms with E-state index in [1.807, 2.05) is 60.7 Å². The van der Waals surface area contributed by atoms with Gasteiger partial charge in [0.25, 0.3) is 5.91 Å². The number of hydrogen-bond donors (Lipinski definition) is 3. The predicted octanol–water partition coefficient (Wildman–Crippen LogP) is 2.70. The van der Waals surface area contributed by atoms with Crippen LogP contribution in [0.3, 0.4) is 0 Å². The van der Waals surface area contributed by atoms with Crippen molar-refractivity contribution in [2.75, 3.05) is 6.54 Å². The molecule has 0 aliphatic rings. The van der Waals surface area contributed by atoms with Crippen molar-refractivity contribution in [2.45, 2.75) is 5.92 Å². The number of phenolic OH excluding ortho intramolecular Hbond substituents is 1. The van der Waals surface area contributed by atoms with E-state index in [4.69, 9.17) is 0 Å². The largest absolute Gasteiger partial charge is 0.502 e. The Kier molecular flexibility index (Phi) is 7.26. The first-order valence-corrected chi connectivity index (χ1v) is 9.63. The van der Waals surface area contributed by atoms with Gasteiger partial charge in [0, 0.05) is 11.6 Å². The quantitative estimate of drug-likeness (QED) is 0.286. The molecule has 0 atom stereocenters. The van der Waals surface area contributed by atoms with Gasteiger partial charge < -0.3 is 10.4 Å². The molecule has 3 aromatic carbocycles. The fourth-order valence-corrected chi connectivity index (χ4v) is 3.07. The van der Waals surface area contributed by atoms with Crippen LogP contribution in [0.2, 0.25) is 0 Å². The Morgan fingerprint density at radius 2 is 1.56 bits per heavy atom. The summed E-state index contributed by atoms with van der Waals surface area (Å²) < 4.78 is 0. The number of benzene rings is 3. The molecule has 9 nitrogen and oxygen atoms in total. The Bertz CT molecular complexity index is 1090. The lowest BCUT2D eigenvalue weighted by Crippen LogP contribution is -2.37. The highest BCUT2D eigenvalue weighted by Crippen LogP contribution is 2.28. The van der Waals surface area contributed by atoms with Gasteiger partial charge in [-0.15, -0.1) is 0 Å². The molecule has 3 N–H and O–H groups in total. The molecule has 0 saturated heterocycles. The summed E-state index contributed by atoms with van der Waals surface area (Å²) in [7, 11) is 0. The van der Waals surface area contributed by atoms with E-state index in [2.05, 4.69) is 15.8 Å². The van der Waals surface area contributed by atoms with Crippen molar-refractivity contribution in [1.29, 1.82) is 0 Å². The lowest BCUT2D eigenvalue weighted by atomic mass is 9.90. The lowest BCUT2D eigenvalue weighted by Gasteiger charge is -2.17. The molecule has 0 fully saturated rings. The summed E-state index contributed by atoms with van der Waals surface area (Å²) in [5.74, 6) is -2.09. The average Bonchev–Trinajstić information content (AvgIpc) is 2.80. The second-order valence-electron chi connectivity index (χ2n) is 6.74. The van der Waals surface area contributed by atoms with Gasteiger partial charge in [0.1, 0.15) is 0 Å². The topological polar surface area (TPSA) is 134 Å². The van der Waals surface area contributed by atoms with E-state index < -0.39 is 28.2 Å². The number of amides is 2. The molecular weight excluding hydrogens is 412 g/mol. The predicted molar refractivity (Wildman–Crippen MR) is 118 cm³/mol. The summed E-state index contributed by atoms with van der Waals surface area (Å²) in [6, 6.07) is 22.4. The monoisotopic (exact) mass is 432 g/mol. The lowest BCUT2D eigenvalue weighted by molar-refractivity contribution is -0.385. The number of carbonyl (C=O) groups excluding carboxylic acids is 2. The van der Waals surface area contributed by atoms with Crippen molar-refractivity contribution in [3.05, 3.63) is 106 Å². The minimum atomic E-state index is -0.726. The number of hydrazone groups is 1. The summed E-state index contributed by atoms with van der Waals surface area (Å²) in [4.78, 5) is 35.1. The van der Waals surface area contributed by atoms with Crippen molar-refractivity contribution in [2.24, 2.45) is 5.10 Å². The van der Waals surface area contributed by atoms with E-state index >= 15 is 0 Å². The number of carbonyl (C=O) groups is 2. The number of nitrogens with one attached hydrogen (secondary N) is 2. The van der Waals surface area contributed by atoms with E-state index in [0.717, 1.165) is 23.4 Å². The minimum absolute atomic E-state index is 0.0664. The van der Waals surface area contributed by atoms with Crippen LogP contribution in [-0.2, 0) is 9.59 Å². The SMILES string of the molecule is O=C(CNC(=O)C(c1ccccc1)c1ccccc1)NN=Cc1cccc([N+](=O)[O-])c1O. The van der Waals surface area contributed by atoms with Crippen LogP contribution in [0.1, 0.15) is 22.6 Å². The molecule has 0 bridgehead atoms. The zero-order valence-electron chi connectivity index (χ0n) is 16.8. The van der Waals surface area contributed by atoms with Gasteiger partial charge in [-0.1, -0.05) is 66.7 Å². The summed E-state index contributed by atoms with van der Waals surface area (Å²) in [6.07, 6.45) is 1.08. The third kappa shape index (κ3) is 5.54. The third-order valence-electron chi connectivity index (χ3n) is 4.59. The molecule has 0 unspecified atom stereocenters. The van der Waals surface area contributed by atoms with Gasteiger partial charge in [0.05, 0.1) is 23.6 Å². The number of rotatable bonds is 8. The van der Waals surface area contributed by atoms with E-state index in [9.17, 15) is 24.8 Å². The fraction of sp³-hybridized carbons (Fsp3) is 0.0870. The second-order valence-corrected chi connectivity index (χ2v) is 6.74. The maximum absolute atomic E-state index is 12.9. The number of para-hydroxylation sites is 1. The molecule has 0 radical (unpaired) electrons. The summed E-state index contributed by atoms with van der Waals surface area (Å²) in [5.41, 5.74) is 3.39. The van der Waals surface area contributed by atoms with Crippen LogP contribution in [0.4, 0.5) is 5.69 Å². The molecule has 9 heteroatoms. The summed E-state index contributed by atoms with van der Waals surface area (Å²) >= 11 is 0. The highest BCUT2D eigenvalue weighted by Gasteiger charge is 2.22. The number of nitro groups is 1. The highest BCUT2D eigenvalue weighted by molar-refractivity contribution is 5.91. The van der Waals surface area contributed by atoms with Crippen molar-refractivity contribution < 1.29 is 19.6 Å². The fourth-order valence-electron chi connectivity index (χ4n) is 3.07. The van der Waals surface area contributed by atoms with Crippen molar-refractivity contribution in [3.63, 3.8) is 0 Å². The molecule has 0 aliphatic carbocycles. The number of nitrogens with zero attached hydrogens (tertiary/aromatic N) is 2. The highest BCUT2D eigenvalue weighted by atomic mass is 16.6. The van der Waals surface area contributed by atoms with Gasteiger partial charge in [0.2, 0.25) is 11.7 Å². The first kappa shape index (κ1) is 22.2. The van der Waals surface area contributed by atoms with Crippen molar-refractivity contribution >= 4 is 23.7 Å². The van der Waals surface area contributed by atoms with E-state index in [1.54, 1.807) is 0 Å². The van der Waals surface area contributed by atoms with Crippen LogP contribution in [0.25, 0.3) is 0 Å². The molecule has 162 valence electrons. The molecular formula is C23H20N4O5. The van der Waals surface area contributed by atoms with Gasteiger partial charge in [-0.3, -0.25) is 19.7 Å². The van der Waals surface area contributed by atoms with E-state index in [0.29, 0.717) is 0 Å². The van der Waals surface area contributed by atoms with Gasteiger partial charge in [-0.25, -0.2) is 5.43 Å². The number of hydrogen-bond acceptors (Lipinski definition) is 6. The van der Waals surface area contributed by atoms with Crippen LogP contribution >= 0.6 is 0 Å². The Morgan fingerprint density at radius 1 is 0.969 bits per heavy atom. The zero-order valence-corrected chi connectivity index (χ0v) is 16.8. The first-order chi connectivity index (χ1) is 15.5. The summed E-state index contributed by atoms with van der Waals surface area (Å²) in [6.45, 7) is -0.326. The Hall–Kier alpha value is -4.53. The van der Waals surface area contributed by atoms with Crippen LogP contribution in [0.5, 0.6) is 5.75 Å². The van der Waals surface area contributed by atoms with Gasteiger partial charge in [0.15, 0.2) is 0 Å². The molecule has 0 spiro atoms. The average molecular weight is 432 g/mol. The molecule has 3 rings (SSSR count). The van der Waals surface area contributed by atoms with Gasteiger partial charge in [-0.2, -0.15) is 5.10 Å². The van der Waals surface area contributed by atoms with Crippen LogP contribution in [0.15, 0.2) is 84.0 Å². The van der Waals surface area contributed by atoms with Crippen LogP contribution in [0, 0.1) is 10.1 Å². The molecule has 0 aromatic heterocycles. The molecule has 0 heterocycles. The maximum atomic E-state index is 12.9. The van der Waals surface area contributed by atoms with E-state index in [-0.39, 0.29) is 18.0 Å². The number of nitro benzene ring substituents is 1. The molecule has 3 aromatic rings. The standard InChI is InChI=1S/C23H20N4O5/c28-20(26-25-14-18-12-7-13-19(22(18)29)27(31)32)15-24-23(30)21(16-8-3-1-4-9-16)17-10-5-2-6-11-17/h1-14,21,29H,15H2,(H,24,30)(H,26,28). The first-order valence-electron chi connectivity index (χ1n) is 9.63. The summed E-state index contributed by atoms with van der Waals surface area (Å²) in [5, 5.41) is 27.0. The Labute approximate surface area is 183 Å². The third-order valence-corrected chi connectivity index (χ3v) is 4.59. The zero-order chi connectivity index (χ0) is 22.9. The Morgan fingerprint density at radius 3 is 2.12 bits per heavy atom. The normalized spacial score (nSPS) is 10.8. The number of aromatic hydroxyl groups is 1. The van der Waals surface area contributed by atoms with Crippen LogP contribution in [-0.4, -0.2) is 34.6 Å². The molecule has 0 saturated carbocycles. The minimum Gasteiger partial charge on any atom is -0.502 e. The Balaban J connectivity index is 1.62. The van der Waals surface area contributed by atoms with Crippen molar-refractivity contribution in [1.82, 2.24) is 10.7 Å². The molecule has 0 aliphatic heterocycles. The molecule has 2 amide bonds. The van der Waals surface area contributed by atoms with Gasteiger partial charge in [-0.05, 0) is 17.2 Å². The molecule has 32 heavy (non-hydrogen) atoms. The number of phenols is 1. The van der Waals surface area contributed by atoms with Gasteiger partial charge >= 0.3 is 5.69 Å². The van der Waals surface area contributed by atoms with Crippen LogP contribution < -0.4 is 10.7 Å². The smallest absolute Gasteiger partial charge is 0.311 e. The van der Waals surface area contributed by atoms with E-state index in [1.165, 1.54) is 12.1 Å². The maximum Gasteiger partial charge on any atom is 0.311 e. The second kappa shape index (κ2) is 10.5. The van der Waals surface area contributed by atoms with Crippen molar-refractivity contribution in [3.8, 4) is 5.75 Å².